The van der Waals surface area contributed by atoms with Crippen LogP contribution >= 0.6 is 0 Å². The second-order valence-electron chi connectivity index (χ2n) is 5.29. The Bertz CT molecular complexity index is 756. The smallest absolute Gasteiger partial charge is 0.488 e. The first-order chi connectivity index (χ1) is 11.7. The molecule has 0 saturated heterocycles. The van der Waals surface area contributed by atoms with Gasteiger partial charge in [0.15, 0.2) is 0 Å². The minimum absolute atomic E-state index is 0.423. The summed E-state index contributed by atoms with van der Waals surface area (Å²) in [6, 6.07) is 24.0. The lowest BCUT2D eigenvalue weighted by Gasteiger charge is -2.09. The molecule has 4 nitrogen and oxygen atoms in total. The summed E-state index contributed by atoms with van der Waals surface area (Å²) < 4.78 is 11.4. The molecule has 0 atom stereocenters. The van der Waals surface area contributed by atoms with Gasteiger partial charge in [-0.1, -0.05) is 42.5 Å². The van der Waals surface area contributed by atoms with E-state index in [1.54, 1.807) is 24.3 Å². The van der Waals surface area contributed by atoms with Crippen molar-refractivity contribution in [3.05, 3.63) is 84.4 Å². The highest BCUT2D eigenvalue weighted by atomic mass is 16.5. The van der Waals surface area contributed by atoms with Crippen molar-refractivity contribution in [1.29, 1.82) is 0 Å². The standard InChI is InChI=1S/C19H17BO4/c21-20(22)16-8-12-17(13-9-16)23-14-15-6-10-19(11-7-15)24-18-4-2-1-3-5-18/h1-13,21-22H,14H2. The van der Waals surface area contributed by atoms with E-state index >= 15 is 0 Å². The molecule has 3 aromatic rings. The summed E-state index contributed by atoms with van der Waals surface area (Å²) in [5.74, 6) is 2.24. The summed E-state index contributed by atoms with van der Waals surface area (Å²) >= 11 is 0. The van der Waals surface area contributed by atoms with E-state index < -0.39 is 7.12 Å². The van der Waals surface area contributed by atoms with Crippen LogP contribution < -0.4 is 14.9 Å². The van der Waals surface area contributed by atoms with Gasteiger partial charge in [0, 0.05) is 0 Å². The first kappa shape index (κ1) is 16.1. The molecule has 0 heterocycles. The van der Waals surface area contributed by atoms with Gasteiger partial charge in [-0.15, -0.1) is 0 Å². The lowest BCUT2D eigenvalue weighted by atomic mass is 9.80. The molecule has 5 heteroatoms. The summed E-state index contributed by atoms with van der Waals surface area (Å²) in [5.41, 5.74) is 1.45. The van der Waals surface area contributed by atoms with E-state index in [-0.39, 0.29) is 0 Å². The molecule has 0 aliphatic rings. The van der Waals surface area contributed by atoms with Crippen molar-refractivity contribution in [3.8, 4) is 17.2 Å². The van der Waals surface area contributed by atoms with Crippen LogP contribution in [0.4, 0.5) is 0 Å². The molecule has 24 heavy (non-hydrogen) atoms. The van der Waals surface area contributed by atoms with Crippen molar-refractivity contribution in [1.82, 2.24) is 0 Å². The summed E-state index contributed by atoms with van der Waals surface area (Å²) in [4.78, 5) is 0. The Morgan fingerprint density at radius 2 is 1.25 bits per heavy atom. The zero-order valence-electron chi connectivity index (χ0n) is 13.0. The van der Waals surface area contributed by atoms with Gasteiger partial charge in [-0.2, -0.15) is 0 Å². The molecule has 0 unspecified atom stereocenters. The Morgan fingerprint density at radius 3 is 1.88 bits per heavy atom. The molecule has 0 amide bonds. The summed E-state index contributed by atoms with van der Waals surface area (Å²) in [6.07, 6.45) is 0. The van der Waals surface area contributed by atoms with Crippen LogP contribution in [0.5, 0.6) is 17.2 Å². The molecule has 0 aliphatic carbocycles. The summed E-state index contributed by atoms with van der Waals surface area (Å²) in [7, 11) is -1.46. The maximum Gasteiger partial charge on any atom is 0.488 e. The zero-order valence-corrected chi connectivity index (χ0v) is 13.0. The molecule has 0 bridgehead atoms. The SMILES string of the molecule is OB(O)c1ccc(OCc2ccc(Oc3ccccc3)cc2)cc1. The number of ether oxygens (including phenoxy) is 2. The minimum atomic E-state index is -1.46. The number of benzene rings is 3. The molecule has 0 aromatic heterocycles. The fourth-order valence-corrected chi connectivity index (χ4v) is 2.18. The van der Waals surface area contributed by atoms with Gasteiger partial charge in [0.2, 0.25) is 0 Å². The second kappa shape index (κ2) is 7.68. The van der Waals surface area contributed by atoms with Crippen LogP contribution in [0.25, 0.3) is 0 Å². The average molecular weight is 320 g/mol. The normalized spacial score (nSPS) is 10.2. The largest absolute Gasteiger partial charge is 0.489 e. The van der Waals surface area contributed by atoms with Crippen molar-refractivity contribution in [3.63, 3.8) is 0 Å². The second-order valence-corrected chi connectivity index (χ2v) is 5.29. The highest BCUT2D eigenvalue weighted by Crippen LogP contribution is 2.21. The van der Waals surface area contributed by atoms with Crippen molar-refractivity contribution >= 4 is 12.6 Å². The Hall–Kier alpha value is -2.76. The number of hydrogen-bond acceptors (Lipinski definition) is 4. The van der Waals surface area contributed by atoms with Crippen LogP contribution in [0.15, 0.2) is 78.9 Å². The van der Waals surface area contributed by atoms with E-state index in [4.69, 9.17) is 19.5 Å². The van der Waals surface area contributed by atoms with Crippen LogP contribution in [0.2, 0.25) is 0 Å². The van der Waals surface area contributed by atoms with Gasteiger partial charge in [-0.05, 0) is 47.4 Å². The van der Waals surface area contributed by atoms with Gasteiger partial charge in [0.25, 0.3) is 0 Å². The monoisotopic (exact) mass is 320 g/mol. The number of rotatable bonds is 6. The van der Waals surface area contributed by atoms with Gasteiger partial charge >= 0.3 is 7.12 Å². The molecule has 3 aromatic carbocycles. The highest BCUT2D eigenvalue weighted by Gasteiger charge is 2.09. The van der Waals surface area contributed by atoms with Gasteiger partial charge in [-0.25, -0.2) is 0 Å². The lowest BCUT2D eigenvalue weighted by molar-refractivity contribution is 0.306. The van der Waals surface area contributed by atoms with Gasteiger partial charge in [0.1, 0.15) is 23.9 Å². The fraction of sp³-hybridized carbons (Fsp3) is 0.0526. The van der Waals surface area contributed by atoms with Crippen LogP contribution in [0.3, 0.4) is 0 Å². The summed E-state index contributed by atoms with van der Waals surface area (Å²) in [5, 5.41) is 18.1. The fourth-order valence-electron chi connectivity index (χ4n) is 2.18. The van der Waals surface area contributed by atoms with E-state index in [0.29, 0.717) is 17.8 Å². The van der Waals surface area contributed by atoms with E-state index in [0.717, 1.165) is 17.1 Å². The van der Waals surface area contributed by atoms with Gasteiger partial charge in [-0.3, -0.25) is 0 Å². The topological polar surface area (TPSA) is 58.9 Å². The molecule has 0 saturated carbocycles. The molecule has 0 spiro atoms. The van der Waals surface area contributed by atoms with Gasteiger partial charge in [0.05, 0.1) is 0 Å². The zero-order chi connectivity index (χ0) is 16.8. The number of para-hydroxylation sites is 1. The average Bonchev–Trinajstić information content (AvgIpc) is 2.62. The molecule has 0 aliphatic heterocycles. The third-order valence-electron chi connectivity index (χ3n) is 3.49. The van der Waals surface area contributed by atoms with Crippen molar-refractivity contribution < 1.29 is 19.5 Å². The molecule has 0 radical (unpaired) electrons. The molecule has 120 valence electrons. The maximum absolute atomic E-state index is 9.06. The molecular weight excluding hydrogens is 303 g/mol. The van der Waals surface area contributed by atoms with Crippen LogP contribution in [-0.4, -0.2) is 17.2 Å². The quantitative estimate of drug-likeness (QED) is 0.686. The first-order valence-corrected chi connectivity index (χ1v) is 7.61. The third-order valence-corrected chi connectivity index (χ3v) is 3.49. The van der Waals surface area contributed by atoms with E-state index in [2.05, 4.69) is 0 Å². The van der Waals surface area contributed by atoms with Crippen molar-refractivity contribution in [2.24, 2.45) is 0 Å². The Balaban J connectivity index is 1.56. The van der Waals surface area contributed by atoms with Crippen LogP contribution in [0.1, 0.15) is 5.56 Å². The van der Waals surface area contributed by atoms with E-state index in [9.17, 15) is 0 Å². The van der Waals surface area contributed by atoms with Crippen molar-refractivity contribution in [2.45, 2.75) is 6.61 Å². The Kier molecular flexibility index (Phi) is 5.16. The molecular formula is C19H17BO4. The highest BCUT2D eigenvalue weighted by molar-refractivity contribution is 6.58. The van der Waals surface area contributed by atoms with E-state index in [1.165, 1.54) is 0 Å². The maximum atomic E-state index is 9.06. The molecule has 2 N–H and O–H groups in total. The number of hydrogen-bond donors (Lipinski definition) is 2. The minimum Gasteiger partial charge on any atom is -0.489 e. The molecule has 3 rings (SSSR count). The third kappa shape index (κ3) is 4.38. The summed E-state index contributed by atoms with van der Waals surface area (Å²) in [6.45, 7) is 0.423. The lowest BCUT2D eigenvalue weighted by Crippen LogP contribution is -2.29. The predicted octanol–water partition coefficient (Wildman–Crippen LogP) is 2.74. The van der Waals surface area contributed by atoms with E-state index in [1.807, 2.05) is 54.6 Å². The first-order valence-electron chi connectivity index (χ1n) is 7.61. The molecule has 0 fully saturated rings. The predicted molar refractivity (Wildman–Crippen MR) is 93.6 cm³/mol. The van der Waals surface area contributed by atoms with Crippen LogP contribution in [0, 0.1) is 0 Å². The van der Waals surface area contributed by atoms with Gasteiger partial charge < -0.3 is 19.5 Å². The Morgan fingerprint density at radius 1 is 0.667 bits per heavy atom. The Labute approximate surface area is 141 Å². The van der Waals surface area contributed by atoms with Crippen LogP contribution in [-0.2, 0) is 6.61 Å². The van der Waals surface area contributed by atoms with Crippen molar-refractivity contribution in [2.75, 3.05) is 0 Å².